The van der Waals surface area contributed by atoms with Crippen LogP contribution in [0.15, 0.2) is 6.07 Å². The van der Waals surface area contributed by atoms with E-state index < -0.39 is 12.2 Å². The van der Waals surface area contributed by atoms with Gasteiger partial charge in [0.15, 0.2) is 17.6 Å². The first kappa shape index (κ1) is 17.4. The van der Waals surface area contributed by atoms with Crippen LogP contribution in [0.4, 0.5) is 0 Å². The molecule has 1 fully saturated rings. The summed E-state index contributed by atoms with van der Waals surface area (Å²) in [5.41, 5.74) is 0. The van der Waals surface area contributed by atoms with Crippen molar-refractivity contribution in [2.45, 2.75) is 31.1 Å². The van der Waals surface area contributed by atoms with Crippen LogP contribution in [0.5, 0.6) is 11.5 Å². The van der Waals surface area contributed by atoms with E-state index in [0.717, 1.165) is 25.9 Å². The van der Waals surface area contributed by atoms with Crippen LogP contribution in [0.3, 0.4) is 0 Å². The largest absolute Gasteiger partial charge is 0.484 e. The third-order valence-electron chi connectivity index (χ3n) is 4.14. The fourth-order valence-electron chi connectivity index (χ4n) is 2.78. The molecule has 2 aliphatic heterocycles. The summed E-state index contributed by atoms with van der Waals surface area (Å²) < 4.78 is 11.4. The van der Waals surface area contributed by atoms with Crippen LogP contribution < -0.4 is 20.1 Å². The van der Waals surface area contributed by atoms with Crippen molar-refractivity contribution in [1.82, 2.24) is 10.6 Å². The summed E-state index contributed by atoms with van der Waals surface area (Å²) in [7, 11) is 0. The highest BCUT2D eigenvalue weighted by Crippen LogP contribution is 2.46. The molecule has 0 radical (unpaired) electrons. The maximum Gasteiger partial charge on any atom is 0.181 e. The standard InChI is InChI=1S/C15H19Cl3N2O3/c16-9-5-11-15(14(18)13(9)17)22-7-12(23-11)10(21)6-20-8-1-3-19-4-2-8/h5,8,10,12,19-21H,1-4,6-7H2. The van der Waals surface area contributed by atoms with Gasteiger partial charge in [0.1, 0.15) is 17.7 Å². The molecule has 0 amide bonds. The van der Waals surface area contributed by atoms with Gasteiger partial charge < -0.3 is 25.2 Å². The van der Waals surface area contributed by atoms with E-state index in [1.54, 1.807) is 6.07 Å². The first-order valence-electron chi connectivity index (χ1n) is 7.65. The van der Waals surface area contributed by atoms with Crippen molar-refractivity contribution in [3.8, 4) is 11.5 Å². The molecular formula is C15H19Cl3N2O3. The molecule has 0 bridgehead atoms. The van der Waals surface area contributed by atoms with Gasteiger partial charge in [0.25, 0.3) is 0 Å². The minimum absolute atomic E-state index is 0.208. The van der Waals surface area contributed by atoms with Gasteiger partial charge in [-0.05, 0) is 25.9 Å². The lowest BCUT2D eigenvalue weighted by molar-refractivity contribution is -0.0104. The number of aliphatic hydroxyl groups excluding tert-OH is 1. The van der Waals surface area contributed by atoms with Gasteiger partial charge in [-0.15, -0.1) is 0 Å². The predicted molar refractivity (Wildman–Crippen MR) is 91.3 cm³/mol. The molecule has 128 valence electrons. The molecule has 0 aliphatic carbocycles. The van der Waals surface area contributed by atoms with Crippen molar-refractivity contribution in [2.24, 2.45) is 0 Å². The lowest BCUT2D eigenvalue weighted by atomic mass is 10.1. The second kappa shape index (κ2) is 7.64. The Hall–Kier alpha value is -0.430. The summed E-state index contributed by atoms with van der Waals surface area (Å²) in [4.78, 5) is 0. The molecule has 8 heteroatoms. The zero-order valence-corrected chi connectivity index (χ0v) is 14.7. The van der Waals surface area contributed by atoms with E-state index in [4.69, 9.17) is 44.3 Å². The molecule has 3 N–H and O–H groups in total. The lowest BCUT2D eigenvalue weighted by Gasteiger charge is -2.32. The molecule has 5 nitrogen and oxygen atoms in total. The van der Waals surface area contributed by atoms with E-state index in [2.05, 4.69) is 10.6 Å². The highest BCUT2D eigenvalue weighted by atomic mass is 35.5. The molecule has 0 aromatic heterocycles. The molecule has 3 rings (SSSR count). The van der Waals surface area contributed by atoms with E-state index in [-0.39, 0.29) is 16.7 Å². The van der Waals surface area contributed by atoms with E-state index in [9.17, 15) is 5.11 Å². The average Bonchev–Trinajstić information content (AvgIpc) is 2.58. The Labute approximate surface area is 150 Å². The van der Waals surface area contributed by atoms with Crippen molar-refractivity contribution < 1.29 is 14.6 Å². The fraction of sp³-hybridized carbons (Fsp3) is 0.600. The number of nitrogens with one attached hydrogen (secondary N) is 2. The normalized spacial score (nSPS) is 22.9. The quantitative estimate of drug-likeness (QED) is 0.700. The molecule has 1 aromatic rings. The van der Waals surface area contributed by atoms with Crippen LogP contribution in [-0.4, -0.2) is 49.6 Å². The van der Waals surface area contributed by atoms with Gasteiger partial charge in [0, 0.05) is 18.7 Å². The first-order valence-corrected chi connectivity index (χ1v) is 8.78. The summed E-state index contributed by atoms with van der Waals surface area (Å²) in [6, 6.07) is 1.98. The van der Waals surface area contributed by atoms with Gasteiger partial charge >= 0.3 is 0 Å². The topological polar surface area (TPSA) is 62.8 Å². The van der Waals surface area contributed by atoms with Crippen molar-refractivity contribution in [1.29, 1.82) is 0 Å². The molecule has 1 aromatic carbocycles. The lowest BCUT2D eigenvalue weighted by Crippen LogP contribution is -2.48. The molecule has 0 saturated carbocycles. The van der Waals surface area contributed by atoms with Crippen LogP contribution in [0, 0.1) is 0 Å². The number of halogens is 3. The highest BCUT2D eigenvalue weighted by molar-refractivity contribution is 6.48. The summed E-state index contributed by atoms with van der Waals surface area (Å²) in [5, 5.41) is 17.8. The van der Waals surface area contributed by atoms with Gasteiger partial charge in [-0.1, -0.05) is 34.8 Å². The maximum absolute atomic E-state index is 10.3. The van der Waals surface area contributed by atoms with Crippen LogP contribution in [0.2, 0.25) is 15.1 Å². The Balaban J connectivity index is 1.60. The van der Waals surface area contributed by atoms with E-state index in [1.807, 2.05) is 0 Å². The van der Waals surface area contributed by atoms with Crippen molar-refractivity contribution >= 4 is 34.8 Å². The number of ether oxygens (including phenoxy) is 2. The second-order valence-electron chi connectivity index (χ2n) is 5.78. The van der Waals surface area contributed by atoms with E-state index >= 15 is 0 Å². The maximum atomic E-state index is 10.3. The Morgan fingerprint density at radius 1 is 1.26 bits per heavy atom. The van der Waals surface area contributed by atoms with Crippen LogP contribution in [0.25, 0.3) is 0 Å². The Bertz CT molecular complexity index is 567. The summed E-state index contributed by atoms with van der Waals surface area (Å²) in [6.07, 6.45) is 0.944. The van der Waals surface area contributed by atoms with Gasteiger partial charge in [0.05, 0.1) is 10.0 Å². The van der Waals surface area contributed by atoms with Gasteiger partial charge in [-0.25, -0.2) is 0 Å². The molecule has 0 spiro atoms. The minimum atomic E-state index is -0.689. The number of aliphatic hydroxyl groups is 1. The molecule has 2 heterocycles. The summed E-state index contributed by atoms with van der Waals surface area (Å²) in [5.74, 6) is 0.775. The molecule has 23 heavy (non-hydrogen) atoms. The Morgan fingerprint density at radius 3 is 2.74 bits per heavy atom. The highest BCUT2D eigenvalue weighted by Gasteiger charge is 2.31. The van der Waals surface area contributed by atoms with Gasteiger partial charge in [-0.3, -0.25) is 0 Å². The number of hydrogen-bond donors (Lipinski definition) is 3. The number of hydrogen-bond acceptors (Lipinski definition) is 5. The van der Waals surface area contributed by atoms with E-state index in [0.29, 0.717) is 29.1 Å². The van der Waals surface area contributed by atoms with Gasteiger partial charge in [-0.2, -0.15) is 0 Å². The molecular weight excluding hydrogens is 363 g/mol. The molecule has 2 aliphatic rings. The Morgan fingerprint density at radius 2 is 2.00 bits per heavy atom. The summed E-state index contributed by atoms with van der Waals surface area (Å²) in [6.45, 7) is 2.66. The minimum Gasteiger partial charge on any atom is -0.484 e. The SMILES string of the molecule is OC(CNC1CCNCC1)C1COc2c(cc(Cl)c(Cl)c2Cl)O1. The molecule has 2 unspecified atom stereocenters. The Kier molecular flexibility index (Phi) is 5.78. The predicted octanol–water partition coefficient (Wildman–Crippen LogP) is 2.49. The van der Waals surface area contributed by atoms with Crippen LogP contribution in [-0.2, 0) is 0 Å². The smallest absolute Gasteiger partial charge is 0.181 e. The number of fused-ring (bicyclic) bond motifs is 1. The first-order chi connectivity index (χ1) is 11.1. The average molecular weight is 382 g/mol. The zero-order valence-electron chi connectivity index (χ0n) is 12.4. The summed E-state index contributed by atoms with van der Waals surface area (Å²) >= 11 is 18.1. The molecule has 2 atom stereocenters. The van der Waals surface area contributed by atoms with Crippen LogP contribution >= 0.6 is 34.8 Å². The zero-order chi connectivity index (χ0) is 16.4. The monoisotopic (exact) mass is 380 g/mol. The van der Waals surface area contributed by atoms with Crippen molar-refractivity contribution in [3.05, 3.63) is 21.1 Å². The number of piperidine rings is 1. The van der Waals surface area contributed by atoms with E-state index in [1.165, 1.54) is 0 Å². The third-order valence-corrected chi connectivity index (χ3v) is 5.38. The van der Waals surface area contributed by atoms with Crippen molar-refractivity contribution in [3.63, 3.8) is 0 Å². The molecule has 1 saturated heterocycles. The fourth-order valence-corrected chi connectivity index (χ4v) is 3.41. The third kappa shape index (κ3) is 3.98. The van der Waals surface area contributed by atoms with Crippen molar-refractivity contribution in [2.75, 3.05) is 26.2 Å². The van der Waals surface area contributed by atoms with Gasteiger partial charge in [0.2, 0.25) is 0 Å². The number of benzene rings is 1. The van der Waals surface area contributed by atoms with Crippen LogP contribution in [0.1, 0.15) is 12.8 Å². The second-order valence-corrected chi connectivity index (χ2v) is 6.94. The number of rotatable bonds is 4.